The molecule has 1 aliphatic rings. The van der Waals surface area contributed by atoms with Gasteiger partial charge in [-0.05, 0) is 25.1 Å². The summed E-state index contributed by atoms with van der Waals surface area (Å²) in [5.41, 5.74) is 1.31. The first-order valence-corrected chi connectivity index (χ1v) is 7.15. The molecule has 0 radical (unpaired) electrons. The largest absolute Gasteiger partial charge is 0.493 e. The summed E-state index contributed by atoms with van der Waals surface area (Å²) in [6.45, 7) is 0.792. The summed E-state index contributed by atoms with van der Waals surface area (Å²) in [4.78, 5) is 4.45. The molecule has 0 fully saturated rings. The van der Waals surface area contributed by atoms with E-state index >= 15 is 0 Å². The van der Waals surface area contributed by atoms with Crippen LogP contribution in [-0.2, 0) is 13.5 Å². The topological polar surface area (TPSA) is 39.1 Å². The van der Waals surface area contributed by atoms with Crippen molar-refractivity contribution in [1.82, 2.24) is 14.9 Å². The van der Waals surface area contributed by atoms with E-state index in [2.05, 4.69) is 33.1 Å². The highest BCUT2D eigenvalue weighted by molar-refractivity contribution is 5.38. The Labute approximate surface area is 119 Å². The summed E-state index contributed by atoms with van der Waals surface area (Å²) in [5.74, 6) is 2.62. The van der Waals surface area contributed by atoms with Crippen molar-refractivity contribution in [1.29, 1.82) is 0 Å². The van der Waals surface area contributed by atoms with Crippen LogP contribution in [0.15, 0.2) is 36.7 Å². The molecule has 2 heterocycles. The first kappa shape index (κ1) is 13.2. The number of aryl methyl sites for hydroxylation is 1. The summed E-state index contributed by atoms with van der Waals surface area (Å²) in [6.07, 6.45) is 5.84. The minimum absolute atomic E-state index is 0.376. The van der Waals surface area contributed by atoms with Crippen molar-refractivity contribution in [3.63, 3.8) is 0 Å². The molecule has 1 aromatic heterocycles. The first-order valence-electron chi connectivity index (χ1n) is 7.15. The second kappa shape index (κ2) is 5.67. The van der Waals surface area contributed by atoms with Crippen molar-refractivity contribution in [3.05, 3.63) is 48.0 Å². The maximum Gasteiger partial charge on any atom is 0.122 e. The van der Waals surface area contributed by atoms with Gasteiger partial charge >= 0.3 is 0 Å². The van der Waals surface area contributed by atoms with Crippen LogP contribution in [0, 0.1) is 0 Å². The Hall–Kier alpha value is -1.81. The van der Waals surface area contributed by atoms with Crippen LogP contribution in [-0.4, -0.2) is 29.2 Å². The minimum atomic E-state index is 0.376. The molecule has 1 aliphatic heterocycles. The average Bonchev–Trinajstić information content (AvgIpc) is 2.89. The van der Waals surface area contributed by atoms with Crippen LogP contribution in [0.4, 0.5) is 0 Å². The molecule has 4 heteroatoms. The molecule has 1 aromatic carbocycles. The zero-order chi connectivity index (χ0) is 13.9. The maximum absolute atomic E-state index is 5.76. The van der Waals surface area contributed by atoms with Crippen LogP contribution in [0.2, 0.25) is 0 Å². The van der Waals surface area contributed by atoms with E-state index in [1.807, 2.05) is 32.6 Å². The standard InChI is InChI=1S/C16H21N3O/c1-17-14(11-16-18-8-9-19(16)2)12-7-10-20-15-6-4-3-5-13(12)15/h3-6,8-9,12,14,17H,7,10-11H2,1-2H3. The third kappa shape index (κ3) is 2.43. The highest BCUT2D eigenvalue weighted by Gasteiger charge is 2.28. The van der Waals surface area contributed by atoms with Gasteiger partial charge < -0.3 is 14.6 Å². The maximum atomic E-state index is 5.76. The molecule has 4 nitrogen and oxygen atoms in total. The molecule has 2 unspecified atom stereocenters. The van der Waals surface area contributed by atoms with Crippen LogP contribution in [0.1, 0.15) is 23.7 Å². The van der Waals surface area contributed by atoms with Crippen molar-refractivity contribution in [2.45, 2.75) is 24.8 Å². The van der Waals surface area contributed by atoms with Crippen molar-refractivity contribution in [2.75, 3.05) is 13.7 Å². The number of para-hydroxylation sites is 1. The number of hydrogen-bond donors (Lipinski definition) is 1. The van der Waals surface area contributed by atoms with Gasteiger partial charge in [0, 0.05) is 37.8 Å². The smallest absolute Gasteiger partial charge is 0.122 e. The van der Waals surface area contributed by atoms with Gasteiger partial charge in [0.05, 0.1) is 6.61 Å². The number of nitrogens with one attached hydrogen (secondary N) is 1. The molecule has 1 N–H and O–H groups in total. The zero-order valence-electron chi connectivity index (χ0n) is 12.0. The number of aromatic nitrogens is 2. The predicted octanol–water partition coefficient (Wildman–Crippen LogP) is 2.12. The molecular formula is C16H21N3O. The normalized spacial score (nSPS) is 19.2. The number of rotatable bonds is 4. The van der Waals surface area contributed by atoms with E-state index in [9.17, 15) is 0 Å². The van der Waals surface area contributed by atoms with E-state index in [1.54, 1.807) is 0 Å². The molecular weight excluding hydrogens is 250 g/mol. The number of likely N-dealkylation sites (N-methyl/N-ethyl adjacent to an activating group) is 1. The second-order valence-electron chi connectivity index (χ2n) is 5.34. The molecule has 106 valence electrons. The van der Waals surface area contributed by atoms with Gasteiger partial charge in [-0.25, -0.2) is 4.98 Å². The van der Waals surface area contributed by atoms with Gasteiger partial charge in [0.25, 0.3) is 0 Å². The highest BCUT2D eigenvalue weighted by atomic mass is 16.5. The average molecular weight is 271 g/mol. The van der Waals surface area contributed by atoms with Crippen LogP contribution in [0.5, 0.6) is 5.75 Å². The summed E-state index contributed by atoms with van der Waals surface area (Å²) in [7, 11) is 4.08. The number of nitrogens with zero attached hydrogens (tertiary/aromatic N) is 2. The molecule has 0 spiro atoms. The van der Waals surface area contributed by atoms with Gasteiger partial charge in [0.2, 0.25) is 0 Å². The lowest BCUT2D eigenvalue weighted by Crippen LogP contribution is -2.37. The molecule has 0 aliphatic carbocycles. The molecule has 3 rings (SSSR count). The van der Waals surface area contributed by atoms with E-state index in [1.165, 1.54) is 5.56 Å². The lowest BCUT2D eigenvalue weighted by molar-refractivity contribution is 0.246. The lowest BCUT2D eigenvalue weighted by atomic mass is 9.85. The fourth-order valence-corrected chi connectivity index (χ4v) is 3.02. The first-order chi connectivity index (χ1) is 9.79. The van der Waals surface area contributed by atoms with Gasteiger partial charge in [0.1, 0.15) is 11.6 Å². The third-order valence-electron chi connectivity index (χ3n) is 4.18. The van der Waals surface area contributed by atoms with E-state index in [0.29, 0.717) is 12.0 Å². The number of fused-ring (bicyclic) bond motifs is 1. The van der Waals surface area contributed by atoms with Crippen molar-refractivity contribution in [2.24, 2.45) is 7.05 Å². The van der Waals surface area contributed by atoms with Gasteiger partial charge in [-0.3, -0.25) is 0 Å². The Morgan fingerprint density at radius 2 is 2.30 bits per heavy atom. The summed E-state index contributed by atoms with van der Waals surface area (Å²) >= 11 is 0. The van der Waals surface area contributed by atoms with E-state index in [4.69, 9.17) is 4.74 Å². The Bertz CT molecular complexity index is 579. The summed E-state index contributed by atoms with van der Waals surface area (Å²) in [6, 6.07) is 8.75. The fourth-order valence-electron chi connectivity index (χ4n) is 3.02. The van der Waals surface area contributed by atoms with Gasteiger partial charge in [0.15, 0.2) is 0 Å². The number of benzene rings is 1. The molecule has 2 atom stereocenters. The fraction of sp³-hybridized carbons (Fsp3) is 0.438. The molecule has 0 saturated heterocycles. The van der Waals surface area contributed by atoms with Gasteiger partial charge in [-0.2, -0.15) is 0 Å². The second-order valence-corrected chi connectivity index (χ2v) is 5.34. The summed E-state index contributed by atoms with van der Waals surface area (Å²) in [5, 5.41) is 3.47. The van der Waals surface area contributed by atoms with Crippen LogP contribution in [0.25, 0.3) is 0 Å². The molecule has 20 heavy (non-hydrogen) atoms. The number of hydrogen-bond acceptors (Lipinski definition) is 3. The lowest BCUT2D eigenvalue weighted by Gasteiger charge is -2.32. The van der Waals surface area contributed by atoms with E-state index in [-0.39, 0.29) is 0 Å². The third-order valence-corrected chi connectivity index (χ3v) is 4.18. The Morgan fingerprint density at radius 3 is 3.05 bits per heavy atom. The predicted molar refractivity (Wildman–Crippen MR) is 79.1 cm³/mol. The van der Waals surface area contributed by atoms with Crippen molar-refractivity contribution in [3.8, 4) is 5.75 Å². The van der Waals surface area contributed by atoms with Crippen LogP contribution >= 0.6 is 0 Å². The monoisotopic (exact) mass is 271 g/mol. The van der Waals surface area contributed by atoms with Crippen molar-refractivity contribution >= 4 is 0 Å². The highest BCUT2D eigenvalue weighted by Crippen LogP contribution is 2.36. The molecule has 0 saturated carbocycles. The van der Waals surface area contributed by atoms with E-state index in [0.717, 1.165) is 31.0 Å². The molecule has 0 amide bonds. The van der Waals surface area contributed by atoms with Crippen LogP contribution in [0.3, 0.4) is 0 Å². The summed E-state index contributed by atoms with van der Waals surface area (Å²) < 4.78 is 7.85. The SMILES string of the molecule is CNC(Cc1nccn1C)C1CCOc2ccccc21. The number of imidazole rings is 1. The quantitative estimate of drug-likeness (QED) is 0.926. The Morgan fingerprint density at radius 1 is 1.45 bits per heavy atom. The van der Waals surface area contributed by atoms with E-state index < -0.39 is 0 Å². The Balaban J connectivity index is 1.85. The molecule has 0 bridgehead atoms. The zero-order valence-corrected chi connectivity index (χ0v) is 12.0. The minimum Gasteiger partial charge on any atom is -0.493 e. The Kier molecular flexibility index (Phi) is 3.74. The number of ether oxygens (including phenoxy) is 1. The van der Waals surface area contributed by atoms with Gasteiger partial charge in [-0.1, -0.05) is 18.2 Å². The van der Waals surface area contributed by atoms with Crippen LogP contribution < -0.4 is 10.1 Å². The molecule has 2 aromatic rings. The van der Waals surface area contributed by atoms with Crippen molar-refractivity contribution < 1.29 is 4.74 Å². The van der Waals surface area contributed by atoms with Gasteiger partial charge in [-0.15, -0.1) is 0 Å².